The Hall–Kier alpha value is -3.83. The fourth-order valence-corrected chi connectivity index (χ4v) is 4.01. The molecule has 0 saturated carbocycles. The fraction of sp³-hybridized carbons (Fsp3) is 0.0909. The van der Waals surface area contributed by atoms with Crippen LogP contribution in [0.4, 0.5) is 10.1 Å². The van der Waals surface area contributed by atoms with E-state index in [0.717, 1.165) is 0 Å². The predicted molar refractivity (Wildman–Crippen MR) is 113 cm³/mol. The number of nitriles is 1. The Morgan fingerprint density at radius 1 is 1.27 bits per heavy atom. The number of halogens is 1. The van der Waals surface area contributed by atoms with Gasteiger partial charge in [-0.25, -0.2) is 9.37 Å². The monoisotopic (exact) mass is 418 g/mol. The SMILES string of the molecule is Cc1ncsc1C(=O)N(Cc1cc(=O)[nH]c2cc(F)ccc12)c1cccc(C#N)c1. The second kappa shape index (κ2) is 7.89. The molecule has 4 rings (SSSR count). The summed E-state index contributed by atoms with van der Waals surface area (Å²) in [5.74, 6) is -0.758. The van der Waals surface area contributed by atoms with Crippen molar-refractivity contribution in [3.8, 4) is 6.07 Å². The Morgan fingerprint density at radius 2 is 2.10 bits per heavy atom. The average molecular weight is 418 g/mol. The van der Waals surface area contributed by atoms with Crippen molar-refractivity contribution in [2.75, 3.05) is 4.90 Å². The maximum absolute atomic E-state index is 13.6. The van der Waals surface area contributed by atoms with Crippen LogP contribution in [0.25, 0.3) is 10.9 Å². The summed E-state index contributed by atoms with van der Waals surface area (Å²) in [6, 6.07) is 14.3. The van der Waals surface area contributed by atoms with Crippen LogP contribution >= 0.6 is 11.3 Å². The Morgan fingerprint density at radius 3 is 2.83 bits per heavy atom. The molecule has 8 heteroatoms. The summed E-state index contributed by atoms with van der Waals surface area (Å²) in [7, 11) is 0. The van der Waals surface area contributed by atoms with Gasteiger partial charge in [0.15, 0.2) is 0 Å². The van der Waals surface area contributed by atoms with Gasteiger partial charge in [-0.05, 0) is 48.9 Å². The summed E-state index contributed by atoms with van der Waals surface area (Å²) in [5.41, 5.74) is 3.64. The van der Waals surface area contributed by atoms with Gasteiger partial charge in [-0.2, -0.15) is 5.26 Å². The number of fused-ring (bicyclic) bond motifs is 1. The van der Waals surface area contributed by atoms with Crippen molar-refractivity contribution in [1.82, 2.24) is 9.97 Å². The molecule has 0 atom stereocenters. The molecular formula is C22H15FN4O2S. The van der Waals surface area contributed by atoms with Gasteiger partial charge in [-0.1, -0.05) is 6.07 Å². The van der Waals surface area contributed by atoms with Gasteiger partial charge in [0.1, 0.15) is 10.7 Å². The van der Waals surface area contributed by atoms with Crippen LogP contribution in [0.2, 0.25) is 0 Å². The first-order chi connectivity index (χ1) is 14.5. The van der Waals surface area contributed by atoms with Gasteiger partial charge in [-0.15, -0.1) is 11.3 Å². The Labute approximate surface area is 174 Å². The van der Waals surface area contributed by atoms with Crippen molar-refractivity contribution in [1.29, 1.82) is 5.26 Å². The summed E-state index contributed by atoms with van der Waals surface area (Å²) >= 11 is 1.23. The Balaban J connectivity index is 1.86. The molecule has 148 valence electrons. The molecule has 2 heterocycles. The van der Waals surface area contributed by atoms with E-state index in [1.807, 2.05) is 0 Å². The quantitative estimate of drug-likeness (QED) is 0.539. The number of anilines is 1. The number of carbonyl (C=O) groups excluding carboxylic acids is 1. The molecule has 6 nitrogen and oxygen atoms in total. The zero-order valence-electron chi connectivity index (χ0n) is 15.8. The van der Waals surface area contributed by atoms with Crippen molar-refractivity contribution in [2.24, 2.45) is 0 Å². The number of amides is 1. The molecule has 2 aromatic heterocycles. The lowest BCUT2D eigenvalue weighted by Crippen LogP contribution is -2.31. The first kappa shape index (κ1) is 19.5. The fourth-order valence-electron chi connectivity index (χ4n) is 3.26. The van der Waals surface area contributed by atoms with Gasteiger partial charge >= 0.3 is 0 Å². The van der Waals surface area contributed by atoms with Crippen LogP contribution in [0, 0.1) is 24.1 Å². The van der Waals surface area contributed by atoms with Crippen LogP contribution in [0.1, 0.15) is 26.5 Å². The number of H-pyrrole nitrogens is 1. The molecule has 0 aliphatic heterocycles. The maximum Gasteiger partial charge on any atom is 0.270 e. The van der Waals surface area contributed by atoms with E-state index in [-0.39, 0.29) is 12.5 Å². The molecule has 2 aromatic carbocycles. The number of hydrogen-bond donors (Lipinski definition) is 1. The molecule has 0 aliphatic carbocycles. The van der Waals surface area contributed by atoms with Gasteiger partial charge in [0.2, 0.25) is 5.56 Å². The van der Waals surface area contributed by atoms with Crippen LogP contribution in [0.15, 0.2) is 58.8 Å². The van der Waals surface area contributed by atoms with Crippen LogP contribution in [-0.2, 0) is 6.54 Å². The molecule has 4 aromatic rings. The number of aromatic nitrogens is 2. The zero-order chi connectivity index (χ0) is 21.3. The first-order valence-electron chi connectivity index (χ1n) is 9.00. The summed E-state index contributed by atoms with van der Waals surface area (Å²) in [4.78, 5) is 34.3. The standard InChI is InChI=1S/C22H15FN4O2S/c1-13-21(30-12-25-13)22(29)27(17-4-2-3-14(7-17)10-24)11-15-8-20(28)26-19-9-16(23)5-6-18(15)19/h2-9,12H,11H2,1H3,(H,26,28). The lowest BCUT2D eigenvalue weighted by atomic mass is 10.1. The van der Waals surface area contributed by atoms with Gasteiger partial charge in [0.05, 0.1) is 34.9 Å². The number of pyridine rings is 1. The van der Waals surface area contributed by atoms with Gasteiger partial charge in [0.25, 0.3) is 5.91 Å². The Kier molecular flexibility index (Phi) is 5.12. The highest BCUT2D eigenvalue weighted by Crippen LogP contribution is 2.26. The second-order valence-corrected chi connectivity index (χ2v) is 7.52. The van der Waals surface area contributed by atoms with Crippen molar-refractivity contribution in [3.63, 3.8) is 0 Å². The van der Waals surface area contributed by atoms with Crippen LogP contribution in [0.5, 0.6) is 0 Å². The average Bonchev–Trinajstić information content (AvgIpc) is 3.16. The van der Waals surface area contributed by atoms with Crippen LogP contribution in [0.3, 0.4) is 0 Å². The molecule has 0 fully saturated rings. The molecular weight excluding hydrogens is 403 g/mol. The lowest BCUT2D eigenvalue weighted by molar-refractivity contribution is 0.0988. The number of aryl methyl sites for hydroxylation is 1. The molecule has 0 saturated heterocycles. The highest BCUT2D eigenvalue weighted by Gasteiger charge is 2.23. The number of benzene rings is 2. The third kappa shape index (κ3) is 3.71. The van der Waals surface area contributed by atoms with E-state index >= 15 is 0 Å². The van der Waals surface area contributed by atoms with E-state index in [1.54, 1.807) is 42.8 Å². The summed E-state index contributed by atoms with van der Waals surface area (Å²) in [6.07, 6.45) is 0. The van der Waals surface area contributed by atoms with Gasteiger partial charge < -0.3 is 9.88 Å². The normalized spacial score (nSPS) is 10.7. The Bertz CT molecular complexity index is 1370. The number of rotatable bonds is 4. The van der Waals surface area contributed by atoms with Crippen molar-refractivity contribution in [3.05, 3.63) is 91.9 Å². The highest BCUT2D eigenvalue weighted by molar-refractivity contribution is 7.12. The first-order valence-corrected chi connectivity index (χ1v) is 9.88. The summed E-state index contributed by atoms with van der Waals surface area (Å²) < 4.78 is 13.6. The third-order valence-electron chi connectivity index (χ3n) is 4.69. The number of nitrogens with one attached hydrogen (secondary N) is 1. The van der Waals surface area contributed by atoms with Crippen molar-refractivity contribution < 1.29 is 9.18 Å². The predicted octanol–water partition coefficient (Wildman–Crippen LogP) is 4.15. The minimum absolute atomic E-state index is 0.0666. The highest BCUT2D eigenvalue weighted by atomic mass is 32.1. The van der Waals surface area contributed by atoms with E-state index in [2.05, 4.69) is 16.0 Å². The molecule has 0 spiro atoms. The number of nitrogens with zero attached hydrogens (tertiary/aromatic N) is 3. The second-order valence-electron chi connectivity index (χ2n) is 6.67. The van der Waals surface area contributed by atoms with Crippen molar-refractivity contribution >= 4 is 33.8 Å². The van der Waals surface area contributed by atoms with E-state index in [1.165, 1.54) is 34.4 Å². The molecule has 30 heavy (non-hydrogen) atoms. The molecule has 1 N–H and O–H groups in total. The molecule has 0 unspecified atom stereocenters. The van der Waals surface area contributed by atoms with E-state index in [4.69, 9.17) is 0 Å². The van der Waals surface area contributed by atoms with E-state index in [0.29, 0.717) is 38.3 Å². The molecule has 0 radical (unpaired) electrons. The van der Waals surface area contributed by atoms with Crippen LogP contribution < -0.4 is 10.5 Å². The maximum atomic E-state index is 13.6. The summed E-state index contributed by atoms with van der Waals surface area (Å²) in [5, 5.41) is 9.89. The minimum Gasteiger partial charge on any atom is -0.322 e. The number of thiazole rings is 1. The largest absolute Gasteiger partial charge is 0.322 e. The summed E-state index contributed by atoms with van der Waals surface area (Å²) in [6.45, 7) is 1.82. The molecule has 0 aliphatic rings. The van der Waals surface area contributed by atoms with E-state index in [9.17, 15) is 19.2 Å². The van der Waals surface area contributed by atoms with Crippen molar-refractivity contribution in [2.45, 2.75) is 13.5 Å². The van der Waals surface area contributed by atoms with E-state index < -0.39 is 11.4 Å². The number of hydrogen-bond acceptors (Lipinski definition) is 5. The van der Waals surface area contributed by atoms with Gasteiger partial charge in [-0.3, -0.25) is 9.59 Å². The lowest BCUT2D eigenvalue weighted by Gasteiger charge is -2.23. The number of aromatic amines is 1. The van der Waals surface area contributed by atoms with Gasteiger partial charge in [0, 0.05) is 17.1 Å². The molecule has 0 bridgehead atoms. The smallest absolute Gasteiger partial charge is 0.270 e. The third-order valence-corrected chi connectivity index (χ3v) is 5.61. The van der Waals surface area contributed by atoms with Crippen LogP contribution in [-0.4, -0.2) is 15.9 Å². The topological polar surface area (TPSA) is 89.8 Å². The number of carbonyl (C=O) groups is 1. The zero-order valence-corrected chi connectivity index (χ0v) is 16.7. The minimum atomic E-state index is -0.467. The molecule has 1 amide bonds.